The lowest BCUT2D eigenvalue weighted by Gasteiger charge is -2.58. The zero-order valence-electron chi connectivity index (χ0n) is 19.3. The summed E-state index contributed by atoms with van der Waals surface area (Å²) < 4.78 is 0. The van der Waals surface area contributed by atoms with E-state index < -0.39 is 0 Å². The molecule has 2 aromatic rings. The van der Waals surface area contributed by atoms with Crippen LogP contribution in [-0.2, 0) is 4.79 Å². The first kappa shape index (κ1) is 22.5. The van der Waals surface area contributed by atoms with E-state index in [1.807, 2.05) is 42.5 Å². The Balaban J connectivity index is 1.28. The molecule has 0 unspecified atom stereocenters. The fraction of sp³-hybridized carbons (Fsp3) is 0.429. The van der Waals surface area contributed by atoms with E-state index >= 15 is 0 Å². The third kappa shape index (κ3) is 4.53. The molecule has 3 aliphatic rings. The summed E-state index contributed by atoms with van der Waals surface area (Å²) in [5, 5.41) is 12.9. The van der Waals surface area contributed by atoms with Crippen molar-refractivity contribution in [2.24, 2.45) is 5.92 Å². The highest BCUT2D eigenvalue weighted by Gasteiger charge is 2.54. The van der Waals surface area contributed by atoms with Crippen LogP contribution in [0.15, 0.2) is 54.6 Å². The number of amides is 3. The predicted molar refractivity (Wildman–Crippen MR) is 131 cm³/mol. The van der Waals surface area contributed by atoms with E-state index in [0.717, 1.165) is 11.1 Å². The molecule has 6 nitrogen and oxygen atoms in total. The number of benzene rings is 2. The van der Waals surface area contributed by atoms with E-state index in [1.54, 1.807) is 9.80 Å². The lowest BCUT2D eigenvalue weighted by atomic mass is 9.73. The fourth-order valence-corrected chi connectivity index (χ4v) is 5.60. The minimum Gasteiger partial charge on any atom is -0.394 e. The zero-order chi connectivity index (χ0) is 23.5. The van der Waals surface area contributed by atoms with Crippen molar-refractivity contribution in [3.63, 3.8) is 0 Å². The van der Waals surface area contributed by atoms with E-state index in [4.69, 9.17) is 0 Å². The molecule has 2 aromatic carbocycles. The van der Waals surface area contributed by atoms with Crippen LogP contribution in [0, 0.1) is 17.8 Å². The number of carbonyl (C=O) groups excluding carboxylic acids is 2. The molecule has 0 bridgehead atoms. The number of rotatable bonds is 3. The molecule has 6 heteroatoms. The van der Waals surface area contributed by atoms with Gasteiger partial charge in [0.05, 0.1) is 18.7 Å². The number of para-hydroxylation sites is 1. The van der Waals surface area contributed by atoms with E-state index in [9.17, 15) is 14.7 Å². The van der Waals surface area contributed by atoms with Crippen LogP contribution in [-0.4, -0.2) is 58.6 Å². The van der Waals surface area contributed by atoms with Gasteiger partial charge in [-0.3, -0.25) is 4.79 Å². The number of urea groups is 1. The molecule has 0 spiro atoms. The third-order valence-electron chi connectivity index (χ3n) is 7.39. The van der Waals surface area contributed by atoms with Gasteiger partial charge in [0.2, 0.25) is 5.91 Å². The van der Waals surface area contributed by atoms with Crippen LogP contribution in [0.4, 0.5) is 10.5 Å². The van der Waals surface area contributed by atoms with Crippen LogP contribution in [0.2, 0.25) is 0 Å². The number of carbonyl (C=O) groups is 2. The second-order valence-corrected chi connectivity index (χ2v) is 9.55. The first-order chi connectivity index (χ1) is 16.6. The minimum absolute atomic E-state index is 0.0124. The van der Waals surface area contributed by atoms with Gasteiger partial charge in [0.1, 0.15) is 6.54 Å². The summed E-state index contributed by atoms with van der Waals surface area (Å²) in [6.45, 7) is 0.370. The van der Waals surface area contributed by atoms with Crippen molar-refractivity contribution in [3.8, 4) is 11.8 Å². The van der Waals surface area contributed by atoms with Crippen LogP contribution in [0.25, 0.3) is 0 Å². The van der Waals surface area contributed by atoms with Crippen LogP contribution >= 0.6 is 0 Å². The van der Waals surface area contributed by atoms with Crippen LogP contribution in [0.3, 0.4) is 0 Å². The highest BCUT2D eigenvalue weighted by atomic mass is 16.3. The van der Waals surface area contributed by atoms with Crippen molar-refractivity contribution in [3.05, 3.63) is 65.7 Å². The Morgan fingerprint density at radius 2 is 1.76 bits per heavy atom. The second-order valence-electron chi connectivity index (χ2n) is 9.55. The van der Waals surface area contributed by atoms with Crippen molar-refractivity contribution in [1.82, 2.24) is 9.80 Å². The number of aliphatic hydroxyl groups is 1. The fourth-order valence-electron chi connectivity index (χ4n) is 5.60. The Morgan fingerprint density at radius 3 is 2.47 bits per heavy atom. The molecular weight excluding hydrogens is 426 g/mol. The molecule has 3 fully saturated rings. The van der Waals surface area contributed by atoms with Gasteiger partial charge in [0, 0.05) is 29.6 Å². The Hall–Kier alpha value is -3.30. The maximum Gasteiger partial charge on any atom is 0.322 e. The minimum atomic E-state index is -0.279. The number of hydrogen-bond donors (Lipinski definition) is 2. The van der Waals surface area contributed by atoms with Gasteiger partial charge in [-0.1, -0.05) is 61.4 Å². The van der Waals surface area contributed by atoms with E-state index in [2.05, 4.69) is 29.3 Å². The molecule has 3 atom stereocenters. The Morgan fingerprint density at radius 1 is 1.03 bits per heavy atom. The number of piperazine rings is 1. The maximum absolute atomic E-state index is 12.8. The van der Waals surface area contributed by atoms with Crippen molar-refractivity contribution in [1.29, 1.82) is 0 Å². The van der Waals surface area contributed by atoms with Gasteiger partial charge in [-0.2, -0.15) is 0 Å². The molecule has 1 saturated carbocycles. The number of fused-ring (bicyclic) bond motifs is 1. The monoisotopic (exact) mass is 457 g/mol. The molecule has 2 N–H and O–H groups in total. The number of aliphatic hydroxyl groups excluding tert-OH is 1. The normalized spacial score (nSPS) is 24.5. The highest BCUT2D eigenvalue weighted by Crippen LogP contribution is 2.43. The average Bonchev–Trinajstić information content (AvgIpc) is 2.86. The first-order valence-corrected chi connectivity index (χ1v) is 12.3. The molecule has 34 heavy (non-hydrogen) atoms. The van der Waals surface area contributed by atoms with Crippen molar-refractivity contribution < 1.29 is 14.7 Å². The Bertz CT molecular complexity index is 1080. The molecule has 176 valence electrons. The molecule has 2 aliphatic heterocycles. The van der Waals surface area contributed by atoms with Gasteiger partial charge in [0.25, 0.3) is 0 Å². The van der Waals surface area contributed by atoms with Gasteiger partial charge in [-0.05, 0) is 42.7 Å². The quantitative estimate of drug-likeness (QED) is 0.689. The summed E-state index contributed by atoms with van der Waals surface area (Å²) in [6.07, 6.45) is 6.28. The summed E-state index contributed by atoms with van der Waals surface area (Å²) in [5.41, 5.74) is 2.77. The van der Waals surface area contributed by atoms with Gasteiger partial charge in [0.15, 0.2) is 0 Å². The third-order valence-corrected chi connectivity index (χ3v) is 7.39. The maximum atomic E-state index is 12.8. The van der Waals surface area contributed by atoms with Crippen LogP contribution in [0.5, 0.6) is 0 Å². The number of nitrogens with zero attached hydrogens (tertiary/aromatic N) is 2. The topological polar surface area (TPSA) is 72.9 Å². The Kier molecular flexibility index (Phi) is 6.55. The standard InChI is InChI=1S/C28H31N3O3/c32-19-25-27(22-15-13-21(14-16-22)12-11-20-7-3-1-4-8-20)24-17-30(18-26(33)31(24)25)28(34)29-23-9-5-2-6-10-23/h2,5-6,9-10,13-16,20,24-25,27,32H,1,3-4,7-8,17-19H2,(H,29,34)/t24-,25-,27+/m1/s1. The lowest BCUT2D eigenvalue weighted by Crippen LogP contribution is -2.73. The Labute approximate surface area is 200 Å². The summed E-state index contributed by atoms with van der Waals surface area (Å²) in [6, 6.07) is 16.8. The van der Waals surface area contributed by atoms with Crippen molar-refractivity contribution >= 4 is 17.6 Å². The summed E-state index contributed by atoms with van der Waals surface area (Å²) in [7, 11) is 0. The average molecular weight is 458 g/mol. The molecule has 0 aromatic heterocycles. The predicted octanol–water partition coefficient (Wildman–Crippen LogP) is 3.82. The molecule has 2 saturated heterocycles. The second kappa shape index (κ2) is 9.90. The first-order valence-electron chi connectivity index (χ1n) is 12.3. The van der Waals surface area contributed by atoms with Crippen LogP contribution < -0.4 is 5.32 Å². The zero-order valence-corrected chi connectivity index (χ0v) is 19.3. The summed E-state index contributed by atoms with van der Waals surface area (Å²) >= 11 is 0. The number of hydrogen-bond acceptors (Lipinski definition) is 3. The smallest absolute Gasteiger partial charge is 0.322 e. The highest BCUT2D eigenvalue weighted by molar-refractivity contribution is 5.93. The molecule has 2 heterocycles. The van der Waals surface area contributed by atoms with Crippen molar-refractivity contribution in [2.75, 3.05) is 25.0 Å². The van der Waals surface area contributed by atoms with Crippen molar-refractivity contribution in [2.45, 2.75) is 50.1 Å². The van der Waals surface area contributed by atoms with E-state index in [1.165, 1.54) is 32.1 Å². The summed E-state index contributed by atoms with van der Waals surface area (Å²) in [4.78, 5) is 29.0. The number of anilines is 1. The number of nitrogens with one attached hydrogen (secondary N) is 1. The van der Waals surface area contributed by atoms with Gasteiger partial charge in [-0.25, -0.2) is 4.79 Å². The lowest BCUT2D eigenvalue weighted by molar-refractivity contribution is -0.159. The van der Waals surface area contributed by atoms with E-state index in [-0.39, 0.29) is 43.1 Å². The van der Waals surface area contributed by atoms with Crippen LogP contribution in [0.1, 0.15) is 49.1 Å². The largest absolute Gasteiger partial charge is 0.394 e. The molecule has 3 amide bonds. The van der Waals surface area contributed by atoms with E-state index in [0.29, 0.717) is 18.2 Å². The SMILES string of the molecule is O=C(Nc1ccccc1)N1CC(=O)N2[C@H](CO)[C@@H](c3ccc(C#CC4CCCCC4)cc3)[C@H]2C1. The molecule has 0 radical (unpaired) electrons. The molecule has 1 aliphatic carbocycles. The van der Waals surface area contributed by atoms with Gasteiger partial charge in [-0.15, -0.1) is 0 Å². The van der Waals surface area contributed by atoms with Gasteiger partial charge < -0.3 is 20.2 Å². The summed E-state index contributed by atoms with van der Waals surface area (Å²) in [5.74, 6) is 7.13. The molecule has 5 rings (SSSR count). The van der Waals surface area contributed by atoms with Gasteiger partial charge >= 0.3 is 6.03 Å². The molecular formula is C28H31N3O3.